The predicted molar refractivity (Wildman–Crippen MR) is 77.2 cm³/mol. The maximum absolute atomic E-state index is 13.1. The Kier molecular flexibility index (Phi) is 4.76. The third kappa shape index (κ3) is 3.91. The lowest BCUT2D eigenvalue weighted by Crippen LogP contribution is -2.34. The molecule has 0 aliphatic carbocycles. The zero-order valence-electron chi connectivity index (χ0n) is 12.5. The molecule has 1 aromatic carbocycles. The number of likely N-dealkylation sites (N-methyl/N-ethyl adjacent to an activating group) is 1. The van der Waals surface area contributed by atoms with Gasteiger partial charge in [0.15, 0.2) is 0 Å². The molecule has 0 unspecified atom stereocenters. The fourth-order valence-corrected chi connectivity index (χ4v) is 2.53. The number of nitrogens with zero attached hydrogens (tertiary/aromatic N) is 3. The Morgan fingerprint density at radius 2 is 2.09 bits per heavy atom. The maximum atomic E-state index is 13.1. The van der Waals surface area contributed by atoms with Crippen LogP contribution in [0.15, 0.2) is 18.2 Å². The molecule has 1 saturated heterocycles. The van der Waals surface area contributed by atoms with Crippen LogP contribution in [-0.2, 0) is 11.0 Å². The van der Waals surface area contributed by atoms with Gasteiger partial charge in [0.1, 0.15) is 0 Å². The average molecular weight is 331 g/mol. The second-order valence-electron chi connectivity index (χ2n) is 5.36. The summed E-state index contributed by atoms with van der Waals surface area (Å²) in [6, 6.07) is 2.67. The highest BCUT2D eigenvalue weighted by Crippen LogP contribution is 2.38. The van der Waals surface area contributed by atoms with Gasteiger partial charge in [-0.3, -0.25) is 14.9 Å². The first kappa shape index (κ1) is 17.0. The third-order valence-corrected chi connectivity index (χ3v) is 3.78. The molecule has 0 radical (unpaired) electrons. The number of halogens is 3. The van der Waals surface area contributed by atoms with Gasteiger partial charge in [0.2, 0.25) is 5.91 Å². The van der Waals surface area contributed by atoms with Crippen LogP contribution in [0.25, 0.3) is 0 Å². The van der Waals surface area contributed by atoms with E-state index < -0.39 is 22.4 Å². The van der Waals surface area contributed by atoms with Gasteiger partial charge < -0.3 is 9.80 Å². The van der Waals surface area contributed by atoms with Gasteiger partial charge in [0.25, 0.3) is 5.69 Å². The molecule has 0 aromatic heterocycles. The van der Waals surface area contributed by atoms with Crippen LogP contribution in [0.2, 0.25) is 0 Å². The molecule has 1 aromatic rings. The summed E-state index contributed by atoms with van der Waals surface area (Å²) in [6.45, 7) is 1.15. The number of nitro groups is 1. The summed E-state index contributed by atoms with van der Waals surface area (Å²) in [5.74, 6) is -0.00172. The molecule has 0 spiro atoms. The molecule has 9 heteroatoms. The number of hydrogen-bond donors (Lipinski definition) is 0. The molecule has 6 nitrogen and oxygen atoms in total. The van der Waals surface area contributed by atoms with Crippen LogP contribution in [0.1, 0.15) is 18.4 Å². The SMILES string of the molecule is CN(CCN1CCCC1=O)c1ccc([N+](=O)[O-])cc1C(F)(F)F. The number of likely N-dealkylation sites (tertiary alicyclic amines) is 1. The lowest BCUT2D eigenvalue weighted by Gasteiger charge is -2.26. The average Bonchev–Trinajstić information content (AvgIpc) is 2.88. The van der Waals surface area contributed by atoms with E-state index in [4.69, 9.17) is 0 Å². The minimum absolute atomic E-state index is 0.00172. The summed E-state index contributed by atoms with van der Waals surface area (Å²) in [6.07, 6.45) is -3.47. The van der Waals surface area contributed by atoms with E-state index in [1.54, 1.807) is 4.90 Å². The van der Waals surface area contributed by atoms with Crippen molar-refractivity contribution in [1.29, 1.82) is 0 Å². The van der Waals surface area contributed by atoms with Crippen molar-refractivity contribution in [3.05, 3.63) is 33.9 Å². The standard InChI is InChI=1S/C14H16F3N3O3/c1-18(7-8-19-6-2-3-13(19)21)12-5-4-10(20(22)23)9-11(12)14(15,16)17/h4-5,9H,2-3,6-8H2,1H3. The first-order valence-corrected chi connectivity index (χ1v) is 7.04. The summed E-state index contributed by atoms with van der Waals surface area (Å²) in [5, 5.41) is 10.7. The van der Waals surface area contributed by atoms with Crippen LogP contribution >= 0.6 is 0 Å². The zero-order valence-corrected chi connectivity index (χ0v) is 12.5. The van der Waals surface area contributed by atoms with Gasteiger partial charge >= 0.3 is 6.18 Å². The molecule has 1 fully saturated rings. The van der Waals surface area contributed by atoms with E-state index in [1.807, 2.05) is 0 Å². The van der Waals surface area contributed by atoms with Crippen molar-refractivity contribution < 1.29 is 22.9 Å². The topological polar surface area (TPSA) is 66.7 Å². The molecule has 126 valence electrons. The molecule has 2 rings (SSSR count). The van der Waals surface area contributed by atoms with Crippen LogP contribution in [0.4, 0.5) is 24.5 Å². The van der Waals surface area contributed by atoms with Crippen LogP contribution in [0, 0.1) is 10.1 Å². The zero-order chi connectivity index (χ0) is 17.2. The fraction of sp³-hybridized carbons (Fsp3) is 0.500. The van der Waals surface area contributed by atoms with Gasteiger partial charge in [0.05, 0.1) is 10.5 Å². The van der Waals surface area contributed by atoms with Crippen molar-refractivity contribution in [2.75, 3.05) is 31.6 Å². The minimum atomic E-state index is -4.70. The summed E-state index contributed by atoms with van der Waals surface area (Å²) < 4.78 is 39.4. The first-order valence-electron chi connectivity index (χ1n) is 7.04. The van der Waals surface area contributed by atoms with Crippen LogP contribution in [0.5, 0.6) is 0 Å². The van der Waals surface area contributed by atoms with Crippen molar-refractivity contribution in [3.63, 3.8) is 0 Å². The lowest BCUT2D eigenvalue weighted by molar-refractivity contribution is -0.385. The summed E-state index contributed by atoms with van der Waals surface area (Å²) in [4.78, 5) is 24.3. The van der Waals surface area contributed by atoms with Crippen LogP contribution < -0.4 is 4.90 Å². The molecule has 1 heterocycles. The Balaban J connectivity index is 2.19. The Morgan fingerprint density at radius 1 is 1.39 bits per heavy atom. The normalized spacial score (nSPS) is 15.1. The second kappa shape index (κ2) is 6.43. The monoisotopic (exact) mass is 331 g/mol. The van der Waals surface area contributed by atoms with Gasteiger partial charge in [-0.2, -0.15) is 13.2 Å². The Hall–Kier alpha value is -2.32. The number of carbonyl (C=O) groups is 1. The van der Waals surface area contributed by atoms with E-state index >= 15 is 0 Å². The Morgan fingerprint density at radius 3 is 2.61 bits per heavy atom. The second-order valence-corrected chi connectivity index (χ2v) is 5.36. The van der Waals surface area contributed by atoms with Crippen molar-refractivity contribution >= 4 is 17.3 Å². The Bertz CT molecular complexity index is 619. The number of benzene rings is 1. The third-order valence-electron chi connectivity index (χ3n) is 3.78. The fourth-order valence-electron chi connectivity index (χ4n) is 2.53. The van der Waals surface area contributed by atoms with Gasteiger partial charge in [-0.25, -0.2) is 0 Å². The number of amides is 1. The van der Waals surface area contributed by atoms with E-state index in [2.05, 4.69) is 0 Å². The van der Waals surface area contributed by atoms with Gasteiger partial charge in [0, 0.05) is 50.9 Å². The highest BCUT2D eigenvalue weighted by atomic mass is 19.4. The molecule has 1 aliphatic rings. The smallest absolute Gasteiger partial charge is 0.372 e. The molecular weight excluding hydrogens is 315 g/mol. The highest BCUT2D eigenvalue weighted by molar-refractivity contribution is 5.78. The Labute approximate surface area is 130 Å². The van der Waals surface area contributed by atoms with E-state index in [-0.39, 0.29) is 18.1 Å². The van der Waals surface area contributed by atoms with E-state index in [1.165, 1.54) is 11.9 Å². The van der Waals surface area contributed by atoms with Crippen molar-refractivity contribution in [2.45, 2.75) is 19.0 Å². The maximum Gasteiger partial charge on any atom is 0.418 e. The molecule has 0 N–H and O–H groups in total. The van der Waals surface area contributed by atoms with Crippen molar-refractivity contribution in [2.24, 2.45) is 0 Å². The quantitative estimate of drug-likeness (QED) is 0.614. The summed E-state index contributed by atoms with van der Waals surface area (Å²) in [5.41, 5.74) is -1.80. The number of rotatable bonds is 5. The van der Waals surface area contributed by atoms with E-state index in [0.29, 0.717) is 25.6 Å². The molecule has 0 saturated carbocycles. The van der Waals surface area contributed by atoms with Crippen LogP contribution in [0.3, 0.4) is 0 Å². The number of alkyl halides is 3. The number of nitro benzene ring substituents is 1. The number of non-ortho nitro benzene ring substituents is 1. The van der Waals surface area contributed by atoms with Gasteiger partial charge in [-0.05, 0) is 12.5 Å². The predicted octanol–water partition coefficient (Wildman–Crippen LogP) is 2.67. The number of hydrogen-bond acceptors (Lipinski definition) is 4. The number of carbonyl (C=O) groups excluding carboxylic acids is 1. The van der Waals surface area contributed by atoms with Crippen molar-refractivity contribution in [3.8, 4) is 0 Å². The molecule has 1 amide bonds. The molecular formula is C14H16F3N3O3. The lowest BCUT2D eigenvalue weighted by atomic mass is 10.1. The summed E-state index contributed by atoms with van der Waals surface area (Å²) in [7, 11) is 1.47. The highest BCUT2D eigenvalue weighted by Gasteiger charge is 2.36. The summed E-state index contributed by atoms with van der Waals surface area (Å²) >= 11 is 0. The van der Waals surface area contributed by atoms with E-state index in [9.17, 15) is 28.1 Å². The van der Waals surface area contributed by atoms with Gasteiger partial charge in [-0.1, -0.05) is 0 Å². The van der Waals surface area contributed by atoms with Crippen molar-refractivity contribution in [1.82, 2.24) is 4.90 Å². The molecule has 0 atom stereocenters. The van der Waals surface area contributed by atoms with Gasteiger partial charge in [-0.15, -0.1) is 0 Å². The van der Waals surface area contributed by atoms with Crippen LogP contribution in [-0.4, -0.2) is 42.4 Å². The molecule has 0 bridgehead atoms. The molecule has 1 aliphatic heterocycles. The minimum Gasteiger partial charge on any atom is -0.372 e. The molecule has 23 heavy (non-hydrogen) atoms. The van der Waals surface area contributed by atoms with E-state index in [0.717, 1.165) is 18.6 Å². The largest absolute Gasteiger partial charge is 0.418 e. The number of anilines is 1. The first-order chi connectivity index (χ1) is 10.7.